The third kappa shape index (κ3) is 14.4. The van der Waals surface area contributed by atoms with Gasteiger partial charge in [0.15, 0.2) is 5.75 Å². The van der Waals surface area contributed by atoms with Gasteiger partial charge < -0.3 is 28.8 Å². The van der Waals surface area contributed by atoms with Gasteiger partial charge in [0, 0.05) is 27.2 Å². The zero-order chi connectivity index (χ0) is 47.9. The minimum atomic E-state index is -5.13. The third-order valence-corrected chi connectivity index (χ3v) is 13.2. The maximum atomic E-state index is 12.5. The number of hydrogen-bond donors (Lipinski definition) is 2. The first-order chi connectivity index (χ1) is 31.6. The van der Waals surface area contributed by atoms with E-state index in [9.17, 15) is 51.9 Å². The monoisotopic (exact) mass is 1070 g/mol. The van der Waals surface area contributed by atoms with Crippen molar-refractivity contribution in [2.75, 3.05) is 11.2 Å². The average molecular weight is 1070 g/mol. The van der Waals surface area contributed by atoms with Crippen LogP contribution in [0.5, 0.6) is 5.75 Å². The molecule has 0 bridgehead atoms. The van der Waals surface area contributed by atoms with E-state index in [0.29, 0.717) is 22.2 Å². The SMILES string of the molecule is Nc1ccc(N=Nc2ccc(N=Nc3ccc(N=Nc4cc5ccc(NOc6ccccc6)cc5cc4S(=O)(=O)[O-])c4ccc(S(=O)(=O)[O-])cc34)c3ccc(S(=O)(=O)[O-])cc23)cc1S(=O)(=O)[O-].[Na+].[Na+].[Na+].[Na+]. The van der Waals surface area contributed by atoms with Crippen molar-refractivity contribution < 1.29 is 175 Å². The van der Waals surface area contributed by atoms with Crippen molar-refractivity contribution >= 4 is 118 Å². The zero-order valence-electron chi connectivity index (χ0n) is 37.5. The molecule has 71 heavy (non-hydrogen) atoms. The van der Waals surface area contributed by atoms with E-state index in [2.05, 4.69) is 36.2 Å². The van der Waals surface area contributed by atoms with Crippen LogP contribution in [0.3, 0.4) is 0 Å². The maximum Gasteiger partial charge on any atom is 1.00 e. The summed E-state index contributed by atoms with van der Waals surface area (Å²) in [7, 11) is -20.2. The number of nitrogens with two attached hydrogens (primary N) is 1. The van der Waals surface area contributed by atoms with Crippen molar-refractivity contribution in [3.8, 4) is 5.75 Å². The number of rotatable bonds is 13. The number of nitrogen functional groups attached to an aromatic ring is 1. The summed E-state index contributed by atoms with van der Waals surface area (Å²) < 4.78 is 145. The number of nitrogens with one attached hydrogen (secondary N) is 1. The minimum Gasteiger partial charge on any atom is -0.744 e. The van der Waals surface area contributed by atoms with Crippen LogP contribution < -0.4 is 134 Å². The predicted octanol–water partition coefficient (Wildman–Crippen LogP) is -2.99. The Morgan fingerprint density at radius 3 is 1.38 bits per heavy atom. The van der Waals surface area contributed by atoms with Gasteiger partial charge in [0.1, 0.15) is 46.2 Å². The Bertz CT molecular complexity index is 3920. The third-order valence-electron chi connectivity index (χ3n) is 9.75. The quantitative estimate of drug-likeness (QED) is 0.0382. The summed E-state index contributed by atoms with van der Waals surface area (Å²) >= 11 is 0. The smallest absolute Gasteiger partial charge is 0.744 e. The molecule has 0 aromatic heterocycles. The van der Waals surface area contributed by atoms with Gasteiger partial charge in [-0.1, -0.05) is 36.4 Å². The molecule has 8 aromatic rings. The molecular weight excluding hydrogens is 1040 g/mol. The first-order valence-electron chi connectivity index (χ1n) is 18.8. The van der Waals surface area contributed by atoms with E-state index in [1.54, 1.807) is 42.5 Å². The summed E-state index contributed by atoms with van der Waals surface area (Å²) in [5.41, 5.74) is 8.04. The second-order valence-electron chi connectivity index (χ2n) is 14.2. The fraction of sp³-hybridized carbons (Fsp3) is 0. The number of para-hydroxylation sites is 1. The molecule has 0 saturated heterocycles. The molecule has 3 N–H and O–H groups in total. The minimum absolute atomic E-state index is 0. The van der Waals surface area contributed by atoms with Crippen LogP contribution in [0.25, 0.3) is 32.3 Å². The predicted molar refractivity (Wildman–Crippen MR) is 238 cm³/mol. The molecule has 0 radical (unpaired) electrons. The second kappa shape index (κ2) is 24.2. The Morgan fingerprint density at radius 1 is 0.408 bits per heavy atom. The molecule has 0 aliphatic rings. The van der Waals surface area contributed by atoms with Crippen molar-refractivity contribution in [3.63, 3.8) is 0 Å². The standard InChI is InChI=1S/C42H30N8O13S4.4Na/c43-35-13-8-26(21-41(35)66(57,58)59)44-45-38-16-14-36(31-11-9-29(22-33(31)38)64(51,52)53)46-48-39-17-15-37(32-12-10-30(23-34(32)39)65(54,55)56)47-49-40-19-24-6-7-27(50-63-28-4-2-1-3-5-28)18-25(24)20-42(40)67(60,61)62;;;;/h1-23,50H,43H2,(H,51,52,53)(H,54,55,56)(H,57,58,59)(H,60,61,62);;;;/q;4*+1/p-4. The molecule has 0 heterocycles. The van der Waals surface area contributed by atoms with Gasteiger partial charge >= 0.3 is 118 Å². The fourth-order valence-electron chi connectivity index (χ4n) is 6.59. The first kappa shape index (κ1) is 59.9. The first-order valence-corrected chi connectivity index (χ1v) is 24.4. The number of hydrogen-bond acceptors (Lipinski definition) is 21. The molecule has 0 amide bonds. The Kier molecular flexibility index (Phi) is 20.4. The molecule has 8 rings (SSSR count). The van der Waals surface area contributed by atoms with E-state index in [1.165, 1.54) is 48.5 Å². The zero-order valence-corrected chi connectivity index (χ0v) is 48.7. The van der Waals surface area contributed by atoms with Crippen molar-refractivity contribution in [1.29, 1.82) is 0 Å². The van der Waals surface area contributed by atoms with Crippen LogP contribution in [0.1, 0.15) is 0 Å². The Labute approximate surface area is 493 Å². The molecule has 0 unspecified atom stereocenters. The van der Waals surface area contributed by atoms with E-state index in [0.717, 1.165) is 42.5 Å². The summed E-state index contributed by atoms with van der Waals surface area (Å²) in [4.78, 5) is 2.78. The second-order valence-corrected chi connectivity index (χ2v) is 19.6. The maximum absolute atomic E-state index is 12.5. The van der Waals surface area contributed by atoms with E-state index >= 15 is 0 Å². The molecule has 0 spiro atoms. The summed E-state index contributed by atoms with van der Waals surface area (Å²) in [6, 6.07) is 31.2. The molecule has 0 fully saturated rings. The van der Waals surface area contributed by atoms with Crippen LogP contribution in [0.15, 0.2) is 190 Å². The number of fused-ring (bicyclic) bond motifs is 3. The summed E-state index contributed by atoms with van der Waals surface area (Å²) in [6.45, 7) is 0. The van der Waals surface area contributed by atoms with E-state index in [1.807, 2.05) is 6.07 Å². The van der Waals surface area contributed by atoms with Crippen LogP contribution in [0, 0.1) is 0 Å². The average Bonchev–Trinajstić information content (AvgIpc) is 3.27. The van der Waals surface area contributed by atoms with Gasteiger partial charge in [0.05, 0.1) is 53.7 Å². The molecule has 29 heteroatoms. The normalized spacial score (nSPS) is 12.1. The topological polar surface area (TPSA) is 350 Å². The number of anilines is 2. The van der Waals surface area contributed by atoms with Crippen LogP contribution in [-0.2, 0) is 40.5 Å². The summed E-state index contributed by atoms with van der Waals surface area (Å²) in [5, 5.41) is 26.0. The molecule has 0 aliphatic heterocycles. The molecular formula is C42H26N8Na4O13S4. The molecule has 340 valence electrons. The van der Waals surface area contributed by atoms with Gasteiger partial charge in [0.2, 0.25) is 0 Å². The van der Waals surface area contributed by atoms with Gasteiger partial charge in [-0.05, 0) is 114 Å². The largest absolute Gasteiger partial charge is 1.00 e. The van der Waals surface area contributed by atoms with E-state index in [-0.39, 0.29) is 180 Å². The Balaban J connectivity index is 0.00000274. The van der Waals surface area contributed by atoms with Crippen molar-refractivity contribution in [3.05, 3.63) is 140 Å². The van der Waals surface area contributed by atoms with Crippen LogP contribution in [0.2, 0.25) is 0 Å². The van der Waals surface area contributed by atoms with Crippen molar-refractivity contribution in [1.82, 2.24) is 0 Å². The molecule has 0 atom stereocenters. The molecule has 0 aliphatic carbocycles. The van der Waals surface area contributed by atoms with Crippen LogP contribution >= 0.6 is 0 Å². The molecule has 21 nitrogen and oxygen atoms in total. The van der Waals surface area contributed by atoms with Gasteiger partial charge in [-0.2, -0.15) is 5.11 Å². The van der Waals surface area contributed by atoms with Gasteiger partial charge in [-0.3, -0.25) is 0 Å². The molecule has 0 saturated carbocycles. The Hall–Kier alpha value is -3.62. The number of benzene rings is 8. The summed E-state index contributed by atoms with van der Waals surface area (Å²) in [6.07, 6.45) is 0. The van der Waals surface area contributed by atoms with Crippen molar-refractivity contribution in [2.45, 2.75) is 19.6 Å². The van der Waals surface area contributed by atoms with Gasteiger partial charge in [-0.15, -0.1) is 25.6 Å². The Morgan fingerprint density at radius 2 is 0.887 bits per heavy atom. The summed E-state index contributed by atoms with van der Waals surface area (Å²) in [5.74, 6) is 0.507. The van der Waals surface area contributed by atoms with E-state index < -0.39 is 60.1 Å². The van der Waals surface area contributed by atoms with Crippen LogP contribution in [0.4, 0.5) is 45.5 Å². The van der Waals surface area contributed by atoms with Gasteiger partial charge in [0.25, 0.3) is 0 Å². The van der Waals surface area contributed by atoms with Gasteiger partial charge in [-0.25, -0.2) is 39.2 Å². The number of nitrogens with zero attached hydrogens (tertiary/aromatic N) is 6. The fourth-order valence-corrected chi connectivity index (χ4v) is 8.84. The van der Waals surface area contributed by atoms with Crippen LogP contribution in [-0.4, -0.2) is 51.9 Å². The van der Waals surface area contributed by atoms with E-state index in [4.69, 9.17) is 10.6 Å². The number of azo groups is 3. The molecule has 8 aromatic carbocycles. The van der Waals surface area contributed by atoms with Crippen molar-refractivity contribution in [2.24, 2.45) is 30.7 Å².